The van der Waals surface area contributed by atoms with Gasteiger partial charge in [-0.3, -0.25) is 0 Å². The van der Waals surface area contributed by atoms with Crippen LogP contribution in [-0.2, 0) is 14.6 Å². The number of hydrogen-bond donors (Lipinski definition) is 0. The van der Waals surface area contributed by atoms with E-state index >= 15 is 0 Å². The van der Waals surface area contributed by atoms with Gasteiger partial charge in [0.1, 0.15) is 5.37 Å². The topological polar surface area (TPSA) is 57.5 Å². The van der Waals surface area contributed by atoms with Crippen molar-refractivity contribution in [2.24, 2.45) is 0 Å². The molecule has 4 nitrogen and oxygen atoms in total. The van der Waals surface area contributed by atoms with Crippen molar-refractivity contribution in [2.45, 2.75) is 25.1 Å². The van der Waals surface area contributed by atoms with Gasteiger partial charge in [-0.1, -0.05) is 13.3 Å². The Balaban J connectivity index is 2.47. The van der Waals surface area contributed by atoms with Crippen LogP contribution in [-0.4, -0.2) is 39.3 Å². The fourth-order valence-electron chi connectivity index (χ4n) is 1.20. The molecule has 0 aromatic heterocycles. The van der Waals surface area contributed by atoms with Crippen LogP contribution in [0.2, 0.25) is 0 Å². The minimum Gasteiger partial charge on any atom is -0.377 e. The SMILES string of the molecule is CCCCS(=O)(=O)C1COCC[N]1. The Kier molecular flexibility index (Phi) is 4.15. The first-order valence-corrected chi connectivity index (χ1v) is 6.34. The van der Waals surface area contributed by atoms with Crippen molar-refractivity contribution in [1.82, 2.24) is 5.32 Å². The summed E-state index contributed by atoms with van der Waals surface area (Å²) in [4.78, 5) is 0. The molecule has 1 saturated heterocycles. The first-order chi connectivity index (χ1) is 6.17. The number of hydrogen-bond acceptors (Lipinski definition) is 3. The van der Waals surface area contributed by atoms with Crippen molar-refractivity contribution in [3.63, 3.8) is 0 Å². The fraction of sp³-hybridized carbons (Fsp3) is 1.00. The van der Waals surface area contributed by atoms with Gasteiger partial charge < -0.3 is 4.74 Å². The standard InChI is InChI=1S/C8H16NO3S/c1-2-3-6-13(10,11)8-7-12-5-4-9-8/h8H,2-7H2,1H3. The lowest BCUT2D eigenvalue weighted by atomic mass is 10.4. The van der Waals surface area contributed by atoms with Crippen LogP contribution in [0.4, 0.5) is 0 Å². The quantitative estimate of drug-likeness (QED) is 0.658. The molecule has 0 aromatic carbocycles. The van der Waals surface area contributed by atoms with Crippen LogP contribution in [0.1, 0.15) is 19.8 Å². The first kappa shape index (κ1) is 10.9. The summed E-state index contributed by atoms with van der Waals surface area (Å²) in [7, 11) is -3.04. The van der Waals surface area contributed by atoms with Crippen molar-refractivity contribution in [2.75, 3.05) is 25.5 Å². The smallest absolute Gasteiger partial charge is 0.169 e. The maximum atomic E-state index is 11.6. The summed E-state index contributed by atoms with van der Waals surface area (Å²) in [5.74, 6) is 0.237. The zero-order chi connectivity index (χ0) is 9.73. The van der Waals surface area contributed by atoms with Crippen LogP contribution < -0.4 is 5.32 Å². The summed E-state index contributed by atoms with van der Waals surface area (Å²) in [5, 5.41) is 3.44. The minimum atomic E-state index is -3.04. The molecule has 0 spiro atoms. The molecule has 0 saturated carbocycles. The molecule has 0 amide bonds. The molecule has 1 radical (unpaired) electrons. The van der Waals surface area contributed by atoms with Crippen LogP contribution in [0, 0.1) is 0 Å². The van der Waals surface area contributed by atoms with E-state index in [0.717, 1.165) is 6.42 Å². The molecule has 1 heterocycles. The van der Waals surface area contributed by atoms with Crippen LogP contribution in [0.25, 0.3) is 0 Å². The average Bonchev–Trinajstić information content (AvgIpc) is 2.16. The largest absolute Gasteiger partial charge is 0.377 e. The van der Waals surface area contributed by atoms with E-state index < -0.39 is 15.2 Å². The molecule has 13 heavy (non-hydrogen) atoms. The van der Waals surface area contributed by atoms with E-state index in [0.29, 0.717) is 19.6 Å². The Labute approximate surface area is 79.6 Å². The third-order valence-electron chi connectivity index (χ3n) is 2.03. The monoisotopic (exact) mass is 206 g/mol. The zero-order valence-electron chi connectivity index (χ0n) is 7.90. The Morgan fingerprint density at radius 3 is 2.85 bits per heavy atom. The lowest BCUT2D eigenvalue weighted by Crippen LogP contribution is -2.42. The second-order valence-electron chi connectivity index (χ2n) is 3.16. The van der Waals surface area contributed by atoms with E-state index in [4.69, 9.17) is 4.74 Å². The number of rotatable bonds is 4. The summed E-state index contributed by atoms with van der Waals surface area (Å²) < 4.78 is 28.2. The summed E-state index contributed by atoms with van der Waals surface area (Å²) in [5.41, 5.74) is 0. The molecule has 1 unspecified atom stereocenters. The molecule has 1 rings (SSSR count). The van der Waals surface area contributed by atoms with Crippen LogP contribution in [0.3, 0.4) is 0 Å². The molecular weight excluding hydrogens is 190 g/mol. The van der Waals surface area contributed by atoms with Gasteiger partial charge in [-0.25, -0.2) is 13.7 Å². The molecule has 1 fully saturated rings. The van der Waals surface area contributed by atoms with Gasteiger partial charge in [0.15, 0.2) is 9.84 Å². The predicted molar refractivity (Wildman–Crippen MR) is 50.3 cm³/mol. The van der Waals surface area contributed by atoms with E-state index in [1.54, 1.807) is 0 Å². The predicted octanol–water partition coefficient (Wildman–Crippen LogP) is 0.162. The highest BCUT2D eigenvalue weighted by Crippen LogP contribution is 2.07. The normalized spacial score (nSPS) is 24.5. The van der Waals surface area contributed by atoms with Gasteiger partial charge in [-0.15, -0.1) is 0 Å². The molecule has 77 valence electrons. The second-order valence-corrected chi connectivity index (χ2v) is 5.43. The average molecular weight is 206 g/mol. The highest BCUT2D eigenvalue weighted by Gasteiger charge is 2.27. The van der Waals surface area contributed by atoms with Gasteiger partial charge in [-0.2, -0.15) is 0 Å². The molecular formula is C8H16NO3S. The molecule has 1 atom stereocenters. The van der Waals surface area contributed by atoms with Crippen molar-refractivity contribution < 1.29 is 13.2 Å². The number of sulfone groups is 1. The van der Waals surface area contributed by atoms with Crippen molar-refractivity contribution in [3.8, 4) is 0 Å². The zero-order valence-corrected chi connectivity index (χ0v) is 8.72. The van der Waals surface area contributed by atoms with Gasteiger partial charge in [-0.05, 0) is 6.42 Å². The molecule has 5 heteroatoms. The number of nitrogens with zero attached hydrogens (tertiary/aromatic N) is 1. The highest BCUT2D eigenvalue weighted by atomic mass is 32.2. The van der Waals surface area contributed by atoms with Crippen LogP contribution >= 0.6 is 0 Å². The van der Waals surface area contributed by atoms with Gasteiger partial charge in [0.2, 0.25) is 0 Å². The molecule has 0 bridgehead atoms. The minimum absolute atomic E-state index is 0.237. The number of ether oxygens (including phenoxy) is 1. The van der Waals surface area contributed by atoms with E-state index in [-0.39, 0.29) is 12.4 Å². The molecule has 1 aliphatic rings. The maximum absolute atomic E-state index is 11.6. The highest BCUT2D eigenvalue weighted by molar-refractivity contribution is 7.92. The van der Waals surface area contributed by atoms with Crippen molar-refractivity contribution in [3.05, 3.63) is 0 Å². The van der Waals surface area contributed by atoms with Gasteiger partial charge in [0.05, 0.1) is 19.0 Å². The first-order valence-electron chi connectivity index (χ1n) is 4.62. The maximum Gasteiger partial charge on any atom is 0.169 e. The van der Waals surface area contributed by atoms with Crippen molar-refractivity contribution >= 4 is 9.84 Å². The van der Waals surface area contributed by atoms with Crippen LogP contribution in [0.5, 0.6) is 0 Å². The third kappa shape index (κ3) is 3.25. The van der Waals surface area contributed by atoms with Gasteiger partial charge in [0, 0.05) is 6.54 Å². The Morgan fingerprint density at radius 2 is 2.31 bits per heavy atom. The third-order valence-corrected chi connectivity index (χ3v) is 4.00. The van der Waals surface area contributed by atoms with E-state index in [9.17, 15) is 8.42 Å². The van der Waals surface area contributed by atoms with Gasteiger partial charge >= 0.3 is 0 Å². The molecule has 0 aliphatic carbocycles. The number of unbranched alkanes of at least 4 members (excludes halogenated alkanes) is 1. The fourth-order valence-corrected chi connectivity index (χ4v) is 2.80. The van der Waals surface area contributed by atoms with Crippen LogP contribution in [0.15, 0.2) is 0 Å². The van der Waals surface area contributed by atoms with E-state index in [2.05, 4.69) is 5.32 Å². The number of morpholine rings is 1. The summed E-state index contributed by atoms with van der Waals surface area (Å²) >= 11 is 0. The lowest BCUT2D eigenvalue weighted by Gasteiger charge is -2.21. The summed E-state index contributed by atoms with van der Waals surface area (Å²) in [6.45, 7) is 3.28. The molecule has 0 aromatic rings. The Morgan fingerprint density at radius 1 is 1.54 bits per heavy atom. The van der Waals surface area contributed by atoms with Gasteiger partial charge in [0.25, 0.3) is 0 Å². The second kappa shape index (κ2) is 4.93. The van der Waals surface area contributed by atoms with E-state index in [1.807, 2.05) is 6.92 Å². The lowest BCUT2D eigenvalue weighted by molar-refractivity contribution is 0.0957. The Hall–Kier alpha value is -0.130. The summed E-state index contributed by atoms with van der Waals surface area (Å²) in [6.07, 6.45) is 1.61. The van der Waals surface area contributed by atoms with E-state index in [1.165, 1.54) is 0 Å². The molecule has 1 aliphatic heterocycles. The Bertz CT molecular complexity index is 232. The van der Waals surface area contributed by atoms with Crippen molar-refractivity contribution in [1.29, 1.82) is 0 Å². The summed E-state index contributed by atoms with van der Waals surface area (Å²) in [6, 6.07) is 0. The molecule has 0 N–H and O–H groups in total.